The van der Waals surface area contributed by atoms with Gasteiger partial charge in [0, 0.05) is 0 Å². The Morgan fingerprint density at radius 3 is 2.75 bits per heavy atom. The number of benzene rings is 1. The lowest BCUT2D eigenvalue weighted by Gasteiger charge is -2.40. The zero-order chi connectivity index (χ0) is 14.2. The molecule has 2 fully saturated rings. The minimum Gasteiger partial charge on any atom is -0.490 e. The summed E-state index contributed by atoms with van der Waals surface area (Å²) in [6, 6.07) is 8.75. The Bertz CT molecular complexity index is 464. The van der Waals surface area contributed by atoms with Crippen LogP contribution >= 0.6 is 0 Å². The van der Waals surface area contributed by atoms with Gasteiger partial charge in [-0.3, -0.25) is 0 Å². The lowest BCUT2D eigenvalue weighted by molar-refractivity contribution is 0.165. The third-order valence-corrected chi connectivity index (χ3v) is 4.95. The fourth-order valence-electron chi connectivity index (χ4n) is 3.51. The molecule has 0 radical (unpaired) electrons. The standard InChI is InChI=1S/C18H27NO/c1-18(2)9-8-14(12-19)17(11-18)13-4-3-5-16(10-13)20-15-6-7-15/h3-5,10,14-15,17H,6-9,11-12,19H2,1-2H3. The number of rotatable bonds is 4. The molecule has 0 bridgehead atoms. The first-order valence-corrected chi connectivity index (χ1v) is 8.04. The van der Waals surface area contributed by atoms with Crippen molar-refractivity contribution in [2.24, 2.45) is 17.1 Å². The quantitative estimate of drug-likeness (QED) is 0.896. The van der Waals surface area contributed by atoms with Gasteiger partial charge in [-0.05, 0) is 73.6 Å². The fraction of sp³-hybridized carbons (Fsp3) is 0.667. The molecular formula is C18H27NO. The van der Waals surface area contributed by atoms with Crippen molar-refractivity contribution in [1.29, 1.82) is 0 Å². The van der Waals surface area contributed by atoms with Crippen LogP contribution in [-0.2, 0) is 0 Å². The van der Waals surface area contributed by atoms with Crippen molar-refractivity contribution < 1.29 is 4.74 Å². The fourth-order valence-corrected chi connectivity index (χ4v) is 3.51. The summed E-state index contributed by atoms with van der Waals surface area (Å²) in [5.74, 6) is 2.26. The number of hydrogen-bond donors (Lipinski definition) is 1. The summed E-state index contributed by atoms with van der Waals surface area (Å²) in [6.07, 6.45) is 6.68. The van der Waals surface area contributed by atoms with Crippen LogP contribution in [0.5, 0.6) is 5.75 Å². The zero-order valence-electron chi connectivity index (χ0n) is 12.8. The Balaban J connectivity index is 1.80. The van der Waals surface area contributed by atoms with Crippen molar-refractivity contribution in [3.8, 4) is 5.75 Å². The maximum Gasteiger partial charge on any atom is 0.120 e. The SMILES string of the molecule is CC1(C)CCC(CN)C(c2cccc(OC3CC3)c2)C1. The van der Waals surface area contributed by atoms with Crippen LogP contribution in [0.3, 0.4) is 0 Å². The van der Waals surface area contributed by atoms with Gasteiger partial charge in [-0.25, -0.2) is 0 Å². The van der Waals surface area contributed by atoms with E-state index in [9.17, 15) is 0 Å². The lowest BCUT2D eigenvalue weighted by atomic mass is 9.65. The van der Waals surface area contributed by atoms with Gasteiger partial charge in [-0.15, -0.1) is 0 Å². The van der Waals surface area contributed by atoms with E-state index in [4.69, 9.17) is 10.5 Å². The Labute approximate surface area is 122 Å². The summed E-state index contributed by atoms with van der Waals surface area (Å²) in [7, 11) is 0. The largest absolute Gasteiger partial charge is 0.490 e. The number of nitrogens with two attached hydrogens (primary N) is 1. The minimum atomic E-state index is 0.434. The van der Waals surface area contributed by atoms with Crippen LogP contribution in [0.2, 0.25) is 0 Å². The van der Waals surface area contributed by atoms with Crippen molar-refractivity contribution in [3.05, 3.63) is 29.8 Å². The first kappa shape index (κ1) is 13.9. The molecule has 0 saturated heterocycles. The molecule has 0 heterocycles. The third-order valence-electron chi connectivity index (χ3n) is 4.95. The van der Waals surface area contributed by atoms with Crippen LogP contribution in [0, 0.1) is 11.3 Å². The monoisotopic (exact) mass is 273 g/mol. The van der Waals surface area contributed by atoms with E-state index in [1.165, 1.54) is 37.7 Å². The number of ether oxygens (including phenoxy) is 1. The molecule has 1 aromatic rings. The van der Waals surface area contributed by atoms with Gasteiger partial charge in [-0.1, -0.05) is 26.0 Å². The molecule has 2 unspecified atom stereocenters. The summed E-state index contributed by atoms with van der Waals surface area (Å²) in [5, 5.41) is 0. The van der Waals surface area contributed by atoms with Gasteiger partial charge in [0.25, 0.3) is 0 Å². The van der Waals surface area contributed by atoms with Crippen molar-refractivity contribution in [2.45, 2.75) is 58.0 Å². The molecule has 2 saturated carbocycles. The second kappa shape index (κ2) is 5.40. The number of hydrogen-bond acceptors (Lipinski definition) is 2. The first-order chi connectivity index (χ1) is 9.57. The van der Waals surface area contributed by atoms with E-state index in [1.807, 2.05) is 0 Å². The molecule has 0 aliphatic heterocycles. The molecule has 2 nitrogen and oxygen atoms in total. The Morgan fingerprint density at radius 1 is 1.25 bits per heavy atom. The molecule has 2 aliphatic rings. The smallest absolute Gasteiger partial charge is 0.120 e. The molecular weight excluding hydrogens is 246 g/mol. The van der Waals surface area contributed by atoms with Crippen molar-refractivity contribution in [2.75, 3.05) is 6.54 Å². The van der Waals surface area contributed by atoms with E-state index in [2.05, 4.69) is 38.1 Å². The van der Waals surface area contributed by atoms with Crippen molar-refractivity contribution in [3.63, 3.8) is 0 Å². The topological polar surface area (TPSA) is 35.2 Å². The minimum absolute atomic E-state index is 0.434. The Hall–Kier alpha value is -1.02. The molecule has 110 valence electrons. The zero-order valence-corrected chi connectivity index (χ0v) is 12.8. The molecule has 2 aliphatic carbocycles. The molecule has 0 spiro atoms. The Morgan fingerprint density at radius 2 is 2.05 bits per heavy atom. The maximum absolute atomic E-state index is 6.02. The van der Waals surface area contributed by atoms with E-state index in [-0.39, 0.29) is 0 Å². The van der Waals surface area contributed by atoms with Gasteiger partial charge in [0.05, 0.1) is 6.10 Å². The van der Waals surface area contributed by atoms with Crippen LogP contribution in [0.25, 0.3) is 0 Å². The van der Waals surface area contributed by atoms with E-state index < -0.39 is 0 Å². The van der Waals surface area contributed by atoms with Crippen molar-refractivity contribution in [1.82, 2.24) is 0 Å². The highest BCUT2D eigenvalue weighted by atomic mass is 16.5. The van der Waals surface area contributed by atoms with Gasteiger partial charge in [0.2, 0.25) is 0 Å². The van der Waals surface area contributed by atoms with Crippen molar-refractivity contribution >= 4 is 0 Å². The predicted octanol–water partition coefficient (Wildman–Crippen LogP) is 4.10. The molecule has 20 heavy (non-hydrogen) atoms. The van der Waals surface area contributed by atoms with E-state index in [1.54, 1.807) is 0 Å². The molecule has 0 aromatic heterocycles. The van der Waals surface area contributed by atoms with Crippen LogP contribution < -0.4 is 10.5 Å². The summed E-state index contributed by atoms with van der Waals surface area (Å²) >= 11 is 0. The molecule has 1 aromatic carbocycles. The molecule has 2 heteroatoms. The molecule has 0 amide bonds. The molecule has 2 atom stereocenters. The van der Waals surface area contributed by atoms with Gasteiger partial charge in [0.1, 0.15) is 5.75 Å². The van der Waals surface area contributed by atoms with Gasteiger partial charge in [0.15, 0.2) is 0 Å². The van der Waals surface area contributed by atoms with Gasteiger partial charge >= 0.3 is 0 Å². The average molecular weight is 273 g/mol. The second-order valence-electron chi connectivity index (χ2n) is 7.40. The van der Waals surface area contributed by atoms with Crippen LogP contribution in [0.15, 0.2) is 24.3 Å². The molecule has 2 N–H and O–H groups in total. The highest BCUT2D eigenvalue weighted by Crippen LogP contribution is 2.46. The van der Waals surface area contributed by atoms with Gasteiger partial charge < -0.3 is 10.5 Å². The van der Waals surface area contributed by atoms with E-state index in [0.717, 1.165) is 12.3 Å². The van der Waals surface area contributed by atoms with Gasteiger partial charge in [-0.2, -0.15) is 0 Å². The first-order valence-electron chi connectivity index (χ1n) is 8.04. The average Bonchev–Trinajstić information content (AvgIpc) is 3.22. The second-order valence-corrected chi connectivity index (χ2v) is 7.40. The summed E-state index contributed by atoms with van der Waals surface area (Å²) in [6.45, 7) is 5.57. The third kappa shape index (κ3) is 3.17. The summed E-state index contributed by atoms with van der Waals surface area (Å²) in [5.41, 5.74) is 7.87. The normalized spacial score (nSPS) is 29.1. The predicted molar refractivity (Wildman–Crippen MR) is 83.0 cm³/mol. The van der Waals surface area contributed by atoms with Crippen LogP contribution in [0.1, 0.15) is 57.4 Å². The summed E-state index contributed by atoms with van der Waals surface area (Å²) in [4.78, 5) is 0. The highest BCUT2D eigenvalue weighted by molar-refractivity contribution is 5.32. The maximum atomic E-state index is 6.02. The van der Waals surface area contributed by atoms with E-state index in [0.29, 0.717) is 23.4 Å². The lowest BCUT2D eigenvalue weighted by Crippen LogP contribution is -2.32. The molecule has 3 rings (SSSR count). The van der Waals surface area contributed by atoms with Crippen LogP contribution in [0.4, 0.5) is 0 Å². The summed E-state index contributed by atoms with van der Waals surface area (Å²) < 4.78 is 5.95. The van der Waals surface area contributed by atoms with Crippen LogP contribution in [-0.4, -0.2) is 12.6 Å². The van der Waals surface area contributed by atoms with E-state index >= 15 is 0 Å². The Kier molecular flexibility index (Phi) is 3.76. The highest BCUT2D eigenvalue weighted by Gasteiger charge is 2.35.